The average molecular weight is 335 g/mol. The lowest BCUT2D eigenvalue weighted by Gasteiger charge is -2.22. The van der Waals surface area contributed by atoms with Crippen LogP contribution in [0, 0.1) is 6.92 Å². The van der Waals surface area contributed by atoms with Crippen LogP contribution in [0.1, 0.15) is 17.1 Å². The molecule has 0 aliphatic rings. The third-order valence-corrected chi connectivity index (χ3v) is 3.89. The number of benzene rings is 1. The third kappa shape index (κ3) is 3.47. The van der Waals surface area contributed by atoms with E-state index in [4.69, 9.17) is 13.4 Å². The van der Waals surface area contributed by atoms with Gasteiger partial charge in [0.1, 0.15) is 12.0 Å². The Labute approximate surface area is 144 Å². The van der Waals surface area contributed by atoms with Crippen LogP contribution in [-0.2, 0) is 13.1 Å². The molecule has 126 valence electrons. The molecule has 4 rings (SSSR count). The molecule has 6 heteroatoms. The first-order valence-electron chi connectivity index (χ1n) is 7.97. The molecule has 3 heterocycles. The summed E-state index contributed by atoms with van der Waals surface area (Å²) in [6, 6.07) is 13.9. The Morgan fingerprint density at radius 2 is 1.88 bits per heavy atom. The fraction of sp³-hybridized carbons (Fsp3) is 0.158. The average Bonchev–Trinajstić information content (AvgIpc) is 3.37. The number of furan rings is 2. The SMILES string of the molecule is Cc1ccc(N(Cc2noc(-c3ccoc3)n2)Cc2ccco2)cc1. The van der Waals surface area contributed by atoms with E-state index in [0.717, 1.165) is 17.0 Å². The van der Waals surface area contributed by atoms with Gasteiger partial charge in [0.2, 0.25) is 0 Å². The van der Waals surface area contributed by atoms with Crippen LogP contribution in [0.25, 0.3) is 11.5 Å². The zero-order valence-corrected chi connectivity index (χ0v) is 13.8. The molecule has 0 fully saturated rings. The van der Waals surface area contributed by atoms with E-state index in [0.29, 0.717) is 24.8 Å². The van der Waals surface area contributed by atoms with Gasteiger partial charge >= 0.3 is 0 Å². The third-order valence-electron chi connectivity index (χ3n) is 3.89. The van der Waals surface area contributed by atoms with Crippen LogP contribution in [0.5, 0.6) is 0 Å². The van der Waals surface area contributed by atoms with Crippen molar-refractivity contribution in [3.05, 3.63) is 78.4 Å². The summed E-state index contributed by atoms with van der Waals surface area (Å²) in [5.41, 5.74) is 3.05. The maximum atomic E-state index is 5.49. The zero-order chi connectivity index (χ0) is 17.1. The van der Waals surface area contributed by atoms with Gasteiger partial charge in [0.05, 0.1) is 31.2 Å². The number of hydrogen-bond donors (Lipinski definition) is 0. The molecule has 1 aromatic carbocycles. The molecule has 4 aromatic rings. The van der Waals surface area contributed by atoms with Gasteiger partial charge in [0.25, 0.3) is 5.89 Å². The first-order chi connectivity index (χ1) is 12.3. The lowest BCUT2D eigenvalue weighted by atomic mass is 10.2. The predicted octanol–water partition coefficient (Wildman–Crippen LogP) is 4.44. The summed E-state index contributed by atoms with van der Waals surface area (Å²) in [6.45, 7) is 3.19. The van der Waals surface area contributed by atoms with Crippen molar-refractivity contribution in [2.75, 3.05) is 4.90 Å². The zero-order valence-electron chi connectivity index (χ0n) is 13.8. The van der Waals surface area contributed by atoms with E-state index in [2.05, 4.69) is 46.2 Å². The molecule has 0 saturated heterocycles. The minimum absolute atomic E-state index is 0.450. The minimum atomic E-state index is 0.450. The molecule has 0 atom stereocenters. The number of hydrogen-bond acceptors (Lipinski definition) is 6. The highest BCUT2D eigenvalue weighted by molar-refractivity contribution is 5.50. The lowest BCUT2D eigenvalue weighted by molar-refractivity contribution is 0.420. The Balaban J connectivity index is 1.58. The van der Waals surface area contributed by atoms with Crippen molar-refractivity contribution < 1.29 is 13.4 Å². The van der Waals surface area contributed by atoms with Crippen LogP contribution in [0.4, 0.5) is 5.69 Å². The molecule has 0 N–H and O–H groups in total. The largest absolute Gasteiger partial charge is 0.472 e. The van der Waals surface area contributed by atoms with Crippen LogP contribution < -0.4 is 4.90 Å². The number of aryl methyl sites for hydroxylation is 1. The maximum Gasteiger partial charge on any atom is 0.261 e. The molecule has 0 unspecified atom stereocenters. The quantitative estimate of drug-likeness (QED) is 0.519. The van der Waals surface area contributed by atoms with Crippen LogP contribution >= 0.6 is 0 Å². The van der Waals surface area contributed by atoms with Crippen LogP contribution in [0.3, 0.4) is 0 Å². The first-order valence-corrected chi connectivity index (χ1v) is 7.97. The Kier molecular flexibility index (Phi) is 4.08. The molecular weight excluding hydrogens is 318 g/mol. The molecular formula is C19H17N3O3. The van der Waals surface area contributed by atoms with Crippen molar-refractivity contribution >= 4 is 5.69 Å². The van der Waals surface area contributed by atoms with Gasteiger partial charge in [-0.1, -0.05) is 22.9 Å². The van der Waals surface area contributed by atoms with E-state index in [1.54, 1.807) is 24.9 Å². The second kappa shape index (κ2) is 6.68. The standard InChI is InChI=1S/C19H17N3O3/c1-14-4-6-16(7-5-14)22(11-17-3-2-9-24-17)12-18-20-19(25-21-18)15-8-10-23-13-15/h2-10,13H,11-12H2,1H3. The fourth-order valence-electron chi connectivity index (χ4n) is 2.58. The van der Waals surface area contributed by atoms with Gasteiger partial charge < -0.3 is 18.3 Å². The molecule has 0 saturated carbocycles. The van der Waals surface area contributed by atoms with Crippen LogP contribution in [0.2, 0.25) is 0 Å². The Morgan fingerprint density at radius 1 is 1.00 bits per heavy atom. The van der Waals surface area contributed by atoms with Gasteiger partial charge in [-0.25, -0.2) is 0 Å². The van der Waals surface area contributed by atoms with Gasteiger partial charge in [0.15, 0.2) is 5.82 Å². The van der Waals surface area contributed by atoms with Crippen molar-refractivity contribution in [2.45, 2.75) is 20.0 Å². The summed E-state index contributed by atoms with van der Waals surface area (Å²) in [6.07, 6.45) is 4.83. The molecule has 0 aliphatic carbocycles. The van der Waals surface area contributed by atoms with E-state index >= 15 is 0 Å². The summed E-state index contributed by atoms with van der Waals surface area (Å²) in [5, 5.41) is 4.08. The van der Waals surface area contributed by atoms with E-state index in [9.17, 15) is 0 Å². The topological polar surface area (TPSA) is 68.4 Å². The van der Waals surface area contributed by atoms with Crippen LogP contribution in [-0.4, -0.2) is 10.1 Å². The Bertz CT molecular complexity index is 909. The van der Waals surface area contributed by atoms with Crippen molar-refractivity contribution in [1.29, 1.82) is 0 Å². The van der Waals surface area contributed by atoms with Crippen molar-refractivity contribution in [3.63, 3.8) is 0 Å². The maximum absolute atomic E-state index is 5.49. The summed E-state index contributed by atoms with van der Waals surface area (Å²) >= 11 is 0. The van der Waals surface area contributed by atoms with Crippen molar-refractivity contribution in [3.8, 4) is 11.5 Å². The lowest BCUT2D eigenvalue weighted by Crippen LogP contribution is -2.22. The van der Waals surface area contributed by atoms with E-state index in [1.807, 2.05) is 12.1 Å². The molecule has 0 spiro atoms. The monoisotopic (exact) mass is 335 g/mol. The molecule has 0 bridgehead atoms. The van der Waals surface area contributed by atoms with Crippen LogP contribution in [0.15, 0.2) is 74.6 Å². The second-order valence-electron chi connectivity index (χ2n) is 5.80. The van der Waals surface area contributed by atoms with Gasteiger partial charge in [-0.05, 0) is 37.3 Å². The van der Waals surface area contributed by atoms with Gasteiger partial charge in [-0.2, -0.15) is 4.98 Å². The van der Waals surface area contributed by atoms with E-state index in [1.165, 1.54) is 5.56 Å². The summed E-state index contributed by atoms with van der Waals surface area (Å²) in [7, 11) is 0. The summed E-state index contributed by atoms with van der Waals surface area (Å²) in [5.74, 6) is 1.92. The normalized spacial score (nSPS) is 10.9. The van der Waals surface area contributed by atoms with Gasteiger partial charge in [-0.3, -0.25) is 0 Å². The molecule has 6 nitrogen and oxygen atoms in total. The summed E-state index contributed by atoms with van der Waals surface area (Å²) < 4.78 is 15.9. The smallest absolute Gasteiger partial charge is 0.261 e. The van der Waals surface area contributed by atoms with E-state index < -0.39 is 0 Å². The summed E-state index contributed by atoms with van der Waals surface area (Å²) in [4.78, 5) is 6.60. The second-order valence-corrected chi connectivity index (χ2v) is 5.80. The fourth-order valence-corrected chi connectivity index (χ4v) is 2.58. The van der Waals surface area contributed by atoms with Gasteiger partial charge in [-0.15, -0.1) is 0 Å². The molecule has 0 aliphatic heterocycles. The molecule has 0 amide bonds. The number of nitrogens with zero attached hydrogens (tertiary/aromatic N) is 3. The number of rotatable bonds is 6. The first kappa shape index (κ1) is 15.3. The van der Waals surface area contributed by atoms with Crippen molar-refractivity contribution in [1.82, 2.24) is 10.1 Å². The highest BCUT2D eigenvalue weighted by Crippen LogP contribution is 2.22. The highest BCUT2D eigenvalue weighted by atomic mass is 16.5. The highest BCUT2D eigenvalue weighted by Gasteiger charge is 2.15. The number of anilines is 1. The molecule has 3 aromatic heterocycles. The predicted molar refractivity (Wildman–Crippen MR) is 91.8 cm³/mol. The van der Waals surface area contributed by atoms with E-state index in [-0.39, 0.29) is 0 Å². The molecule has 25 heavy (non-hydrogen) atoms. The van der Waals surface area contributed by atoms with Crippen molar-refractivity contribution in [2.24, 2.45) is 0 Å². The Morgan fingerprint density at radius 3 is 2.60 bits per heavy atom. The minimum Gasteiger partial charge on any atom is -0.472 e. The number of aromatic nitrogens is 2. The molecule has 0 radical (unpaired) electrons. The Hall–Kier alpha value is -3.28. The van der Waals surface area contributed by atoms with Gasteiger partial charge in [0, 0.05) is 5.69 Å².